The van der Waals surface area contributed by atoms with E-state index in [1.807, 2.05) is 13.3 Å². The first-order valence-electron chi connectivity index (χ1n) is 8.63. The summed E-state index contributed by atoms with van der Waals surface area (Å²) in [5.41, 5.74) is 3.66. The fourth-order valence-corrected chi connectivity index (χ4v) is 3.19. The number of hydrogen-bond acceptors (Lipinski definition) is 1. The van der Waals surface area contributed by atoms with Crippen molar-refractivity contribution in [3.63, 3.8) is 0 Å². The molecule has 5 heteroatoms. The van der Waals surface area contributed by atoms with E-state index in [9.17, 15) is 0 Å². The van der Waals surface area contributed by atoms with Crippen molar-refractivity contribution in [2.24, 2.45) is 10.9 Å². The van der Waals surface area contributed by atoms with E-state index in [0.717, 1.165) is 23.7 Å². The molecule has 0 spiro atoms. The van der Waals surface area contributed by atoms with Crippen LogP contribution >= 0.6 is 17.0 Å². The van der Waals surface area contributed by atoms with Crippen LogP contribution in [0.4, 0.5) is 5.69 Å². The van der Waals surface area contributed by atoms with E-state index in [1.54, 1.807) is 0 Å². The Morgan fingerprint density at radius 1 is 1.21 bits per heavy atom. The summed E-state index contributed by atoms with van der Waals surface area (Å²) in [6, 6.07) is 6.43. The quantitative estimate of drug-likeness (QED) is 0.445. The minimum absolute atomic E-state index is 0.113. The Kier molecular flexibility index (Phi) is 10.8. The molecule has 0 atom stereocenters. The van der Waals surface area contributed by atoms with Gasteiger partial charge < -0.3 is 5.32 Å². The molecule has 0 N–H and O–H groups in total. The summed E-state index contributed by atoms with van der Waals surface area (Å²) in [6.07, 6.45) is 8.91. The van der Waals surface area contributed by atoms with Gasteiger partial charge in [-0.25, -0.2) is 0 Å². The molecule has 0 heterocycles. The van der Waals surface area contributed by atoms with Gasteiger partial charge in [0.25, 0.3) is 0 Å². The molecule has 1 aromatic carbocycles. The second-order valence-electron chi connectivity index (χ2n) is 7.29. The van der Waals surface area contributed by atoms with Gasteiger partial charge in [0.05, 0.1) is 0 Å². The number of rotatable bonds is 4. The van der Waals surface area contributed by atoms with Crippen molar-refractivity contribution in [1.29, 1.82) is 0 Å². The molecule has 0 saturated heterocycles. The fourth-order valence-electron chi connectivity index (χ4n) is 3.19. The van der Waals surface area contributed by atoms with Crippen molar-refractivity contribution in [2.45, 2.75) is 58.3 Å². The molecule has 0 bridgehead atoms. The molecule has 0 aliphatic heterocycles. The van der Waals surface area contributed by atoms with Crippen molar-refractivity contribution < 1.29 is 20.8 Å². The molecule has 0 radical (unpaired) electrons. The van der Waals surface area contributed by atoms with Crippen molar-refractivity contribution in [1.82, 2.24) is 0 Å². The van der Waals surface area contributed by atoms with E-state index in [-0.39, 0.29) is 5.41 Å². The van der Waals surface area contributed by atoms with Crippen molar-refractivity contribution in [3.05, 3.63) is 34.6 Å². The number of nitrogens with zero attached hydrogens (tertiary/aromatic N) is 2. The second kappa shape index (κ2) is 11.7. The summed E-state index contributed by atoms with van der Waals surface area (Å²) in [7, 11) is 11.7. The molecule has 1 aliphatic rings. The van der Waals surface area contributed by atoms with E-state index in [4.69, 9.17) is 22.0 Å². The molecule has 2 rings (SSSR count). The van der Waals surface area contributed by atoms with Crippen LogP contribution in [0.2, 0.25) is 0 Å². The molecule has 2 nitrogen and oxygen atoms in total. The Morgan fingerprint density at radius 3 is 2.38 bits per heavy atom. The summed E-state index contributed by atoms with van der Waals surface area (Å²) in [6.45, 7) is 7.68. The number of para-hydroxylation sites is 1. The SMILES string of the molecule is C[N-]c1c(C=NCC2CCCCC2)cccc1C(C)(C)C.[Cl][Zr][Cl]. The number of benzene rings is 1. The standard InChI is InChI=1S/C19H29N2.2ClH.Zr/c1-19(2,3)17-12-8-11-16(18(17)20-4)14-21-13-15-9-6-5-7-10-15;;;/h8,11-12,14-15H,5-7,9-10,13H2,1-4H3;2*1H;/q-1;;;+2/p-2. The number of halogens is 2. The van der Waals surface area contributed by atoms with Crippen LogP contribution in [0.1, 0.15) is 64.0 Å². The Balaban J connectivity index is 0.000000891. The molecule has 0 aromatic heterocycles. The number of aliphatic imine (C=N–C) groups is 1. The molecular formula is C19H29Cl2N2Zr-. The third-order valence-corrected chi connectivity index (χ3v) is 4.42. The van der Waals surface area contributed by atoms with Gasteiger partial charge in [-0.05, 0) is 29.7 Å². The average molecular weight is 448 g/mol. The molecule has 1 aromatic rings. The normalized spacial score (nSPS) is 15.8. The third-order valence-electron chi connectivity index (χ3n) is 4.42. The maximum absolute atomic E-state index is 4.93. The predicted molar refractivity (Wildman–Crippen MR) is 105 cm³/mol. The molecule has 1 fully saturated rings. The van der Waals surface area contributed by atoms with E-state index in [2.05, 4.69) is 44.3 Å². The summed E-state index contributed by atoms with van der Waals surface area (Å²) in [5.74, 6) is 0.794. The maximum atomic E-state index is 4.93. The molecule has 134 valence electrons. The van der Waals surface area contributed by atoms with Crippen LogP contribution in [0.5, 0.6) is 0 Å². The van der Waals surface area contributed by atoms with Crippen LogP contribution in [0.15, 0.2) is 23.2 Å². The first-order chi connectivity index (χ1) is 11.4. The summed E-state index contributed by atoms with van der Waals surface area (Å²) >= 11 is -0.826. The van der Waals surface area contributed by atoms with Gasteiger partial charge in [0.2, 0.25) is 0 Å². The van der Waals surface area contributed by atoms with Gasteiger partial charge in [-0.1, -0.05) is 63.8 Å². The first-order valence-corrected chi connectivity index (χ1v) is 15.0. The second-order valence-corrected chi connectivity index (χ2v) is 11.0. The van der Waals surface area contributed by atoms with Crippen LogP contribution in [0, 0.1) is 5.92 Å². The van der Waals surface area contributed by atoms with Gasteiger partial charge in [0, 0.05) is 12.8 Å². The Morgan fingerprint density at radius 2 is 1.83 bits per heavy atom. The monoisotopic (exact) mass is 445 g/mol. The van der Waals surface area contributed by atoms with Crippen LogP contribution in [-0.2, 0) is 26.3 Å². The molecule has 24 heavy (non-hydrogen) atoms. The van der Waals surface area contributed by atoms with E-state index >= 15 is 0 Å². The summed E-state index contributed by atoms with van der Waals surface area (Å²) in [5, 5.41) is 4.51. The van der Waals surface area contributed by atoms with Crippen molar-refractivity contribution >= 4 is 28.9 Å². The van der Waals surface area contributed by atoms with Crippen molar-refractivity contribution in [2.75, 3.05) is 13.6 Å². The topological polar surface area (TPSA) is 26.5 Å². The van der Waals surface area contributed by atoms with E-state index < -0.39 is 20.8 Å². The predicted octanol–water partition coefficient (Wildman–Crippen LogP) is 6.99. The number of hydrogen-bond donors (Lipinski definition) is 0. The molecule has 1 saturated carbocycles. The minimum atomic E-state index is -0.826. The van der Waals surface area contributed by atoms with Gasteiger partial charge >= 0.3 is 37.9 Å². The van der Waals surface area contributed by atoms with Gasteiger partial charge in [0.1, 0.15) is 0 Å². The van der Waals surface area contributed by atoms with E-state index in [1.165, 1.54) is 37.7 Å². The Hall–Kier alpha value is 0.153. The zero-order valence-electron chi connectivity index (χ0n) is 15.3. The third kappa shape index (κ3) is 7.58. The van der Waals surface area contributed by atoms with Crippen LogP contribution < -0.4 is 0 Å². The molecular weight excluding hydrogens is 418 g/mol. The van der Waals surface area contributed by atoms with Gasteiger partial charge in [0.15, 0.2) is 0 Å². The zero-order chi connectivity index (χ0) is 18.0. The Labute approximate surface area is 166 Å². The summed E-state index contributed by atoms with van der Waals surface area (Å²) < 4.78 is 0. The van der Waals surface area contributed by atoms with Crippen LogP contribution in [-0.4, -0.2) is 19.8 Å². The van der Waals surface area contributed by atoms with Gasteiger partial charge in [-0.15, -0.1) is 12.7 Å². The van der Waals surface area contributed by atoms with Gasteiger partial charge in [-0.3, -0.25) is 4.99 Å². The Bertz CT molecular complexity index is 507. The fraction of sp³-hybridized carbons (Fsp3) is 0.632. The van der Waals surface area contributed by atoms with E-state index in [0.29, 0.717) is 0 Å². The summed E-state index contributed by atoms with van der Waals surface area (Å²) in [4.78, 5) is 4.71. The molecule has 1 aliphatic carbocycles. The molecule has 0 amide bonds. The average Bonchev–Trinajstić information content (AvgIpc) is 2.55. The van der Waals surface area contributed by atoms with Gasteiger partial charge in [-0.2, -0.15) is 0 Å². The molecule has 0 unspecified atom stereocenters. The van der Waals surface area contributed by atoms with Crippen LogP contribution in [0.25, 0.3) is 5.32 Å². The zero-order valence-corrected chi connectivity index (χ0v) is 19.2. The van der Waals surface area contributed by atoms with Crippen LogP contribution in [0.3, 0.4) is 0 Å². The van der Waals surface area contributed by atoms with Crippen molar-refractivity contribution in [3.8, 4) is 0 Å². The first kappa shape index (κ1) is 22.2.